The Labute approximate surface area is 86.9 Å². The molecule has 0 spiro atoms. The van der Waals surface area contributed by atoms with Crippen LogP contribution in [0.25, 0.3) is 0 Å². The fourth-order valence-electron chi connectivity index (χ4n) is 1.15. The zero-order valence-corrected chi connectivity index (χ0v) is 8.01. The van der Waals surface area contributed by atoms with Gasteiger partial charge >= 0.3 is 5.97 Å². The molecular formula is C10H12N2O3. The minimum atomic E-state index is -1.11. The van der Waals surface area contributed by atoms with Gasteiger partial charge in [-0.3, -0.25) is 4.79 Å². The maximum atomic E-state index is 11.0. The molecule has 1 amide bonds. The van der Waals surface area contributed by atoms with E-state index in [1.54, 1.807) is 30.3 Å². The Morgan fingerprint density at radius 1 is 1.33 bits per heavy atom. The van der Waals surface area contributed by atoms with Crippen LogP contribution in [-0.2, 0) is 9.59 Å². The summed E-state index contributed by atoms with van der Waals surface area (Å²) in [5.41, 5.74) is 5.61. The van der Waals surface area contributed by atoms with Crippen LogP contribution in [0.1, 0.15) is 11.6 Å². The first kappa shape index (κ1) is 11.2. The molecule has 15 heavy (non-hydrogen) atoms. The number of carbonyl (C=O) groups is 2. The minimum Gasteiger partial charge on any atom is -0.479 e. The quantitative estimate of drug-likeness (QED) is 0.643. The van der Waals surface area contributed by atoms with Gasteiger partial charge in [0.1, 0.15) is 0 Å². The van der Waals surface area contributed by atoms with Crippen LogP contribution in [0.3, 0.4) is 0 Å². The number of nitrogens with one attached hydrogen (secondary N) is 1. The van der Waals surface area contributed by atoms with E-state index in [0.29, 0.717) is 5.56 Å². The summed E-state index contributed by atoms with van der Waals surface area (Å²) in [5, 5.41) is 11.2. The van der Waals surface area contributed by atoms with E-state index in [1.165, 1.54) is 0 Å². The lowest BCUT2D eigenvalue weighted by atomic mass is 10.1. The summed E-state index contributed by atoms with van der Waals surface area (Å²) in [6.07, 6.45) is 0. The highest BCUT2D eigenvalue weighted by Gasteiger charge is 2.20. The number of rotatable bonds is 4. The highest BCUT2D eigenvalue weighted by atomic mass is 16.4. The molecule has 0 aromatic heterocycles. The fourth-order valence-corrected chi connectivity index (χ4v) is 1.15. The number of nitrogens with two attached hydrogens (primary N) is 1. The van der Waals surface area contributed by atoms with Crippen molar-refractivity contribution in [1.29, 1.82) is 0 Å². The van der Waals surface area contributed by atoms with Gasteiger partial charge in [-0.1, -0.05) is 30.3 Å². The van der Waals surface area contributed by atoms with Crippen LogP contribution < -0.4 is 11.1 Å². The van der Waals surface area contributed by atoms with Crippen LogP contribution in [0.5, 0.6) is 0 Å². The maximum Gasteiger partial charge on any atom is 0.330 e. The van der Waals surface area contributed by atoms with Crippen molar-refractivity contribution in [1.82, 2.24) is 5.32 Å². The standard InChI is InChI=1S/C10H12N2O3/c11-6-8(13)12-9(10(14)15)7-4-2-1-3-5-7/h1-5,9H,6,11H2,(H,12,13)(H,14,15). The molecule has 1 unspecified atom stereocenters. The average Bonchev–Trinajstić information content (AvgIpc) is 2.26. The second kappa shape index (κ2) is 5.11. The number of hydrogen-bond donors (Lipinski definition) is 3. The third kappa shape index (κ3) is 3.07. The number of carboxylic acid groups (broad SMARTS) is 1. The average molecular weight is 208 g/mol. The van der Waals surface area contributed by atoms with Gasteiger partial charge in [0.15, 0.2) is 6.04 Å². The van der Waals surface area contributed by atoms with Crippen LogP contribution in [0.2, 0.25) is 0 Å². The Bertz CT molecular complexity index is 351. The van der Waals surface area contributed by atoms with E-state index >= 15 is 0 Å². The third-order valence-electron chi connectivity index (χ3n) is 1.87. The lowest BCUT2D eigenvalue weighted by Crippen LogP contribution is -2.37. The van der Waals surface area contributed by atoms with Crippen LogP contribution in [-0.4, -0.2) is 23.5 Å². The Hall–Kier alpha value is -1.88. The van der Waals surface area contributed by atoms with E-state index in [9.17, 15) is 9.59 Å². The largest absolute Gasteiger partial charge is 0.479 e. The van der Waals surface area contributed by atoms with Gasteiger partial charge in [-0.05, 0) is 5.56 Å². The van der Waals surface area contributed by atoms with Crippen molar-refractivity contribution in [3.05, 3.63) is 35.9 Å². The molecular weight excluding hydrogens is 196 g/mol. The SMILES string of the molecule is NCC(=O)NC(C(=O)O)c1ccccc1. The summed E-state index contributed by atoms with van der Waals surface area (Å²) in [6, 6.07) is 7.42. The maximum absolute atomic E-state index is 11.0. The van der Waals surface area contributed by atoms with Crippen molar-refractivity contribution in [2.24, 2.45) is 5.73 Å². The lowest BCUT2D eigenvalue weighted by molar-refractivity contribution is -0.141. The molecule has 80 valence electrons. The number of carboxylic acids is 1. The molecule has 4 N–H and O–H groups in total. The smallest absolute Gasteiger partial charge is 0.330 e. The van der Waals surface area contributed by atoms with Crippen LogP contribution >= 0.6 is 0 Å². The normalized spacial score (nSPS) is 11.8. The topological polar surface area (TPSA) is 92.4 Å². The summed E-state index contributed by atoms with van der Waals surface area (Å²) in [6.45, 7) is -0.226. The van der Waals surface area contributed by atoms with Crippen molar-refractivity contribution >= 4 is 11.9 Å². The van der Waals surface area contributed by atoms with E-state index < -0.39 is 17.9 Å². The van der Waals surface area contributed by atoms with Crippen molar-refractivity contribution in [3.63, 3.8) is 0 Å². The predicted octanol–water partition coefficient (Wildman–Crippen LogP) is -0.113. The van der Waals surface area contributed by atoms with Crippen LogP contribution in [0.15, 0.2) is 30.3 Å². The van der Waals surface area contributed by atoms with Crippen molar-refractivity contribution in [2.75, 3.05) is 6.54 Å². The first-order valence-electron chi connectivity index (χ1n) is 4.42. The molecule has 1 aromatic rings. The molecule has 0 fully saturated rings. The summed E-state index contributed by atoms with van der Waals surface area (Å²) in [5.74, 6) is -1.60. The van der Waals surface area contributed by atoms with Gasteiger partial charge in [-0.2, -0.15) is 0 Å². The Morgan fingerprint density at radius 3 is 2.40 bits per heavy atom. The minimum absolute atomic E-state index is 0.226. The summed E-state index contributed by atoms with van der Waals surface area (Å²) < 4.78 is 0. The molecule has 0 saturated carbocycles. The van der Waals surface area contributed by atoms with E-state index in [-0.39, 0.29) is 6.54 Å². The number of benzene rings is 1. The van der Waals surface area contributed by atoms with Gasteiger partial charge in [-0.25, -0.2) is 4.79 Å². The summed E-state index contributed by atoms with van der Waals surface area (Å²) in [7, 11) is 0. The molecule has 1 atom stereocenters. The second-order valence-electron chi connectivity index (χ2n) is 2.95. The van der Waals surface area contributed by atoms with Gasteiger partial charge in [0.2, 0.25) is 5.91 Å². The molecule has 0 aliphatic rings. The molecule has 0 bridgehead atoms. The monoisotopic (exact) mass is 208 g/mol. The molecule has 0 heterocycles. The van der Waals surface area contributed by atoms with E-state index in [0.717, 1.165) is 0 Å². The summed E-state index contributed by atoms with van der Waals surface area (Å²) >= 11 is 0. The van der Waals surface area contributed by atoms with Crippen LogP contribution in [0, 0.1) is 0 Å². The molecule has 0 aliphatic heterocycles. The number of carbonyl (C=O) groups excluding carboxylic acids is 1. The lowest BCUT2D eigenvalue weighted by Gasteiger charge is -2.13. The second-order valence-corrected chi connectivity index (χ2v) is 2.95. The van der Waals surface area contributed by atoms with E-state index in [2.05, 4.69) is 5.32 Å². The van der Waals surface area contributed by atoms with E-state index in [1.807, 2.05) is 0 Å². The third-order valence-corrected chi connectivity index (χ3v) is 1.87. The van der Waals surface area contributed by atoms with Gasteiger partial charge in [0.05, 0.1) is 6.54 Å². The molecule has 0 saturated heterocycles. The molecule has 0 aliphatic carbocycles. The Balaban J connectivity index is 2.84. The first-order chi connectivity index (χ1) is 7.15. The van der Waals surface area contributed by atoms with Gasteiger partial charge in [0.25, 0.3) is 0 Å². The molecule has 5 heteroatoms. The first-order valence-corrected chi connectivity index (χ1v) is 4.42. The summed E-state index contributed by atoms with van der Waals surface area (Å²) in [4.78, 5) is 21.9. The van der Waals surface area contributed by atoms with E-state index in [4.69, 9.17) is 10.8 Å². The molecule has 5 nitrogen and oxygen atoms in total. The molecule has 0 radical (unpaired) electrons. The number of aliphatic carboxylic acids is 1. The van der Waals surface area contributed by atoms with Crippen molar-refractivity contribution < 1.29 is 14.7 Å². The van der Waals surface area contributed by atoms with Crippen LogP contribution in [0.4, 0.5) is 0 Å². The van der Waals surface area contributed by atoms with Gasteiger partial charge in [0, 0.05) is 0 Å². The molecule has 1 rings (SSSR count). The Kier molecular flexibility index (Phi) is 3.82. The molecule has 1 aromatic carbocycles. The zero-order chi connectivity index (χ0) is 11.3. The van der Waals surface area contributed by atoms with Gasteiger partial charge in [-0.15, -0.1) is 0 Å². The van der Waals surface area contributed by atoms with Crippen molar-refractivity contribution in [2.45, 2.75) is 6.04 Å². The Morgan fingerprint density at radius 2 is 1.93 bits per heavy atom. The fraction of sp³-hybridized carbons (Fsp3) is 0.200. The number of amides is 1. The zero-order valence-electron chi connectivity index (χ0n) is 8.01. The highest BCUT2D eigenvalue weighted by molar-refractivity contribution is 5.85. The van der Waals surface area contributed by atoms with Gasteiger partial charge < -0.3 is 16.2 Å². The predicted molar refractivity (Wildman–Crippen MR) is 54.0 cm³/mol. The number of hydrogen-bond acceptors (Lipinski definition) is 3. The highest BCUT2D eigenvalue weighted by Crippen LogP contribution is 2.12. The van der Waals surface area contributed by atoms with Crippen molar-refractivity contribution in [3.8, 4) is 0 Å².